The number of nitrogens with zero attached hydrogens (tertiary/aromatic N) is 1. The molecule has 5 rings (SSSR count). The van der Waals surface area contributed by atoms with E-state index < -0.39 is 0 Å². The Morgan fingerprint density at radius 2 is 1.77 bits per heavy atom. The Labute approximate surface area is 179 Å². The van der Waals surface area contributed by atoms with Crippen LogP contribution in [0.4, 0.5) is 11.5 Å². The summed E-state index contributed by atoms with van der Waals surface area (Å²) in [7, 11) is 0. The molecule has 0 radical (unpaired) electrons. The number of hydrogen-bond acceptors (Lipinski definition) is 5. The van der Waals surface area contributed by atoms with Crippen LogP contribution in [0.15, 0.2) is 72.8 Å². The summed E-state index contributed by atoms with van der Waals surface area (Å²) in [5.41, 5.74) is 4.33. The molecule has 2 heterocycles. The quantitative estimate of drug-likeness (QED) is 0.486. The summed E-state index contributed by atoms with van der Waals surface area (Å²) < 4.78 is 10.8. The summed E-state index contributed by atoms with van der Waals surface area (Å²) in [5, 5.41) is 7.16. The van der Waals surface area contributed by atoms with Gasteiger partial charge in [-0.3, -0.25) is 4.79 Å². The standard InChI is InChI=1S/C25H21N3O3/c1-16-6-2-4-8-20(16)27-24-13-19(18-7-3-5-9-21(18)28-24)25(29)26-14-17-10-11-22-23(12-17)31-15-30-22/h2-13H,14-15H2,1H3,(H,26,29)(H,27,28). The van der Waals surface area contributed by atoms with Gasteiger partial charge in [0, 0.05) is 17.6 Å². The van der Waals surface area contributed by atoms with Gasteiger partial charge in [-0.15, -0.1) is 0 Å². The van der Waals surface area contributed by atoms with Crippen molar-refractivity contribution in [2.24, 2.45) is 0 Å². The van der Waals surface area contributed by atoms with E-state index in [4.69, 9.17) is 14.5 Å². The Kier molecular flexibility index (Phi) is 4.88. The number of nitrogens with one attached hydrogen (secondary N) is 2. The Hall–Kier alpha value is -4.06. The first-order valence-electron chi connectivity index (χ1n) is 10.1. The number of aromatic nitrogens is 1. The average molecular weight is 411 g/mol. The van der Waals surface area contributed by atoms with Crippen molar-refractivity contribution in [1.82, 2.24) is 10.3 Å². The molecule has 0 fully saturated rings. The Morgan fingerprint density at radius 1 is 0.968 bits per heavy atom. The molecule has 0 atom stereocenters. The molecule has 154 valence electrons. The maximum absolute atomic E-state index is 13.1. The third-order valence-corrected chi connectivity index (χ3v) is 5.26. The van der Waals surface area contributed by atoms with E-state index in [-0.39, 0.29) is 12.7 Å². The van der Waals surface area contributed by atoms with Crippen LogP contribution in [0.25, 0.3) is 10.9 Å². The summed E-state index contributed by atoms with van der Waals surface area (Å²) in [6, 6.07) is 23.1. The number of carbonyl (C=O) groups excluding carboxylic acids is 1. The molecular formula is C25H21N3O3. The van der Waals surface area contributed by atoms with E-state index in [1.165, 1.54) is 0 Å². The molecular weight excluding hydrogens is 390 g/mol. The maximum atomic E-state index is 13.1. The maximum Gasteiger partial charge on any atom is 0.252 e. The zero-order chi connectivity index (χ0) is 21.2. The van der Waals surface area contributed by atoms with Crippen molar-refractivity contribution in [1.29, 1.82) is 0 Å². The SMILES string of the molecule is Cc1ccccc1Nc1cc(C(=O)NCc2ccc3c(c2)OCO3)c2ccccc2n1. The van der Waals surface area contributed by atoms with E-state index in [9.17, 15) is 4.79 Å². The predicted octanol–water partition coefficient (Wildman–Crippen LogP) is 4.95. The monoisotopic (exact) mass is 411 g/mol. The van der Waals surface area contributed by atoms with Gasteiger partial charge in [0.1, 0.15) is 5.82 Å². The summed E-state index contributed by atoms with van der Waals surface area (Å²) >= 11 is 0. The van der Waals surface area contributed by atoms with Crippen molar-refractivity contribution >= 4 is 28.3 Å². The molecule has 1 aliphatic rings. The largest absolute Gasteiger partial charge is 0.454 e. The molecule has 0 aliphatic carbocycles. The summed E-state index contributed by atoms with van der Waals surface area (Å²) in [6.45, 7) is 2.64. The third kappa shape index (κ3) is 3.88. The predicted molar refractivity (Wildman–Crippen MR) is 120 cm³/mol. The Morgan fingerprint density at radius 3 is 2.68 bits per heavy atom. The molecule has 1 amide bonds. The molecule has 4 aromatic rings. The molecule has 6 nitrogen and oxygen atoms in total. The average Bonchev–Trinajstić information content (AvgIpc) is 3.26. The van der Waals surface area contributed by atoms with Crippen LogP contribution < -0.4 is 20.1 Å². The molecule has 0 spiro atoms. The number of pyridine rings is 1. The lowest BCUT2D eigenvalue weighted by atomic mass is 10.1. The Bertz CT molecular complexity index is 1290. The highest BCUT2D eigenvalue weighted by atomic mass is 16.7. The third-order valence-electron chi connectivity index (χ3n) is 5.26. The van der Waals surface area contributed by atoms with E-state index in [1.807, 2.05) is 73.7 Å². The number of amides is 1. The molecule has 1 aromatic heterocycles. The van der Waals surface area contributed by atoms with Crippen molar-refractivity contribution < 1.29 is 14.3 Å². The van der Waals surface area contributed by atoms with Crippen LogP contribution in [0.1, 0.15) is 21.5 Å². The lowest BCUT2D eigenvalue weighted by molar-refractivity contribution is 0.0952. The van der Waals surface area contributed by atoms with Crippen molar-refractivity contribution in [2.45, 2.75) is 13.5 Å². The number of ether oxygens (including phenoxy) is 2. The number of rotatable bonds is 5. The van der Waals surface area contributed by atoms with E-state index >= 15 is 0 Å². The molecule has 3 aromatic carbocycles. The smallest absolute Gasteiger partial charge is 0.252 e. The highest BCUT2D eigenvalue weighted by Crippen LogP contribution is 2.32. The minimum Gasteiger partial charge on any atom is -0.454 e. The van der Waals surface area contributed by atoms with Gasteiger partial charge in [-0.2, -0.15) is 0 Å². The van der Waals surface area contributed by atoms with Crippen LogP contribution in [-0.2, 0) is 6.54 Å². The van der Waals surface area contributed by atoms with Crippen LogP contribution in [0.3, 0.4) is 0 Å². The molecule has 1 aliphatic heterocycles. The van der Waals surface area contributed by atoms with E-state index in [0.29, 0.717) is 23.7 Å². The van der Waals surface area contributed by atoms with Crippen LogP contribution in [0, 0.1) is 6.92 Å². The fourth-order valence-corrected chi connectivity index (χ4v) is 3.61. The van der Waals surface area contributed by atoms with Crippen molar-refractivity contribution in [3.05, 3.63) is 89.5 Å². The van der Waals surface area contributed by atoms with Crippen molar-refractivity contribution in [2.75, 3.05) is 12.1 Å². The van der Waals surface area contributed by atoms with Crippen LogP contribution in [0.5, 0.6) is 11.5 Å². The lowest BCUT2D eigenvalue weighted by Crippen LogP contribution is -2.23. The van der Waals surface area contributed by atoms with Gasteiger partial charge in [0.2, 0.25) is 6.79 Å². The second kappa shape index (κ2) is 7.99. The van der Waals surface area contributed by atoms with Gasteiger partial charge in [0.25, 0.3) is 5.91 Å². The fourth-order valence-electron chi connectivity index (χ4n) is 3.61. The number of hydrogen-bond donors (Lipinski definition) is 2. The number of anilines is 2. The molecule has 2 N–H and O–H groups in total. The van der Waals surface area contributed by atoms with Gasteiger partial charge >= 0.3 is 0 Å². The van der Waals surface area contributed by atoms with E-state index in [2.05, 4.69) is 10.6 Å². The van der Waals surface area contributed by atoms with Crippen LogP contribution in [-0.4, -0.2) is 17.7 Å². The number of aryl methyl sites for hydroxylation is 1. The number of para-hydroxylation sites is 2. The van der Waals surface area contributed by atoms with Crippen molar-refractivity contribution in [3.63, 3.8) is 0 Å². The molecule has 0 saturated heterocycles. The minimum absolute atomic E-state index is 0.163. The second-order valence-electron chi connectivity index (χ2n) is 7.38. The summed E-state index contributed by atoms with van der Waals surface area (Å²) in [5.74, 6) is 1.89. The van der Waals surface area contributed by atoms with Crippen molar-refractivity contribution in [3.8, 4) is 11.5 Å². The second-order valence-corrected chi connectivity index (χ2v) is 7.38. The molecule has 6 heteroatoms. The van der Waals surface area contributed by atoms with E-state index in [0.717, 1.165) is 33.5 Å². The van der Waals surface area contributed by atoms with Crippen LogP contribution in [0.2, 0.25) is 0 Å². The number of carbonyl (C=O) groups is 1. The van der Waals surface area contributed by atoms with E-state index in [1.54, 1.807) is 6.07 Å². The highest BCUT2D eigenvalue weighted by molar-refractivity contribution is 6.07. The zero-order valence-corrected chi connectivity index (χ0v) is 17.0. The molecule has 31 heavy (non-hydrogen) atoms. The van der Waals surface area contributed by atoms with Gasteiger partial charge in [-0.25, -0.2) is 4.98 Å². The fraction of sp³-hybridized carbons (Fsp3) is 0.120. The zero-order valence-electron chi connectivity index (χ0n) is 17.0. The van der Waals surface area contributed by atoms with Gasteiger partial charge in [-0.1, -0.05) is 42.5 Å². The first kappa shape index (κ1) is 18.9. The van der Waals surface area contributed by atoms with Gasteiger partial charge < -0.3 is 20.1 Å². The first-order valence-corrected chi connectivity index (χ1v) is 10.1. The molecule has 0 unspecified atom stereocenters. The molecule has 0 saturated carbocycles. The topological polar surface area (TPSA) is 72.5 Å². The number of fused-ring (bicyclic) bond motifs is 2. The minimum atomic E-state index is -0.163. The Balaban J connectivity index is 1.42. The molecule has 0 bridgehead atoms. The highest BCUT2D eigenvalue weighted by Gasteiger charge is 2.16. The normalized spacial score (nSPS) is 12.0. The number of benzene rings is 3. The first-order chi connectivity index (χ1) is 15.2. The lowest BCUT2D eigenvalue weighted by Gasteiger charge is -2.13. The summed E-state index contributed by atoms with van der Waals surface area (Å²) in [6.07, 6.45) is 0. The van der Waals surface area contributed by atoms with Crippen LogP contribution >= 0.6 is 0 Å². The van der Waals surface area contributed by atoms with Gasteiger partial charge in [0.15, 0.2) is 11.5 Å². The summed E-state index contributed by atoms with van der Waals surface area (Å²) in [4.78, 5) is 17.8. The van der Waals surface area contributed by atoms with Gasteiger partial charge in [-0.05, 0) is 48.4 Å². The van der Waals surface area contributed by atoms with Gasteiger partial charge in [0.05, 0.1) is 11.1 Å².